The first kappa shape index (κ1) is 17.6. The topological polar surface area (TPSA) is 47.3 Å². The lowest BCUT2D eigenvalue weighted by molar-refractivity contribution is -0.274. The van der Waals surface area contributed by atoms with Crippen LogP contribution in [-0.4, -0.2) is 27.3 Å². The first-order chi connectivity index (χ1) is 11.8. The van der Waals surface area contributed by atoms with Gasteiger partial charge in [0.25, 0.3) is 0 Å². The molecule has 0 bridgehead atoms. The molecular weight excluding hydrogens is 353 g/mol. The molecular formula is C17H15F3N2O2S. The summed E-state index contributed by atoms with van der Waals surface area (Å²) in [6.45, 7) is -0.139. The number of imidazole rings is 1. The first-order valence-corrected chi connectivity index (χ1v) is 8.54. The van der Waals surface area contributed by atoms with E-state index in [1.54, 1.807) is 18.5 Å². The van der Waals surface area contributed by atoms with Crippen molar-refractivity contribution in [3.05, 3.63) is 42.2 Å². The van der Waals surface area contributed by atoms with Gasteiger partial charge in [0.05, 0.1) is 24.0 Å². The van der Waals surface area contributed by atoms with Gasteiger partial charge >= 0.3 is 6.36 Å². The number of rotatable bonds is 4. The molecule has 1 N–H and O–H groups in total. The Morgan fingerprint density at radius 2 is 1.92 bits per heavy atom. The molecule has 8 heteroatoms. The second kappa shape index (κ2) is 6.61. The van der Waals surface area contributed by atoms with E-state index in [0.717, 1.165) is 27.1 Å². The number of ether oxygens (including phenoxy) is 1. The van der Waals surface area contributed by atoms with E-state index < -0.39 is 6.36 Å². The van der Waals surface area contributed by atoms with Gasteiger partial charge in [-0.25, -0.2) is 4.98 Å². The van der Waals surface area contributed by atoms with Gasteiger partial charge in [-0.3, -0.25) is 0 Å². The zero-order valence-electron chi connectivity index (χ0n) is 13.5. The summed E-state index contributed by atoms with van der Waals surface area (Å²) in [5.74, 6) is -0.281. The fourth-order valence-corrected chi connectivity index (χ4v) is 3.58. The van der Waals surface area contributed by atoms with Crippen molar-refractivity contribution >= 4 is 22.8 Å². The number of fused-ring (bicyclic) bond motifs is 1. The Morgan fingerprint density at radius 1 is 1.24 bits per heavy atom. The average Bonchev–Trinajstić information content (AvgIpc) is 2.95. The molecule has 0 saturated carbocycles. The molecule has 0 atom stereocenters. The van der Waals surface area contributed by atoms with Gasteiger partial charge in [-0.15, -0.1) is 24.9 Å². The van der Waals surface area contributed by atoms with Crippen LogP contribution < -0.4 is 4.74 Å². The minimum atomic E-state index is -4.72. The molecule has 0 saturated heterocycles. The predicted molar refractivity (Wildman–Crippen MR) is 90.5 cm³/mol. The Morgan fingerprint density at radius 3 is 2.48 bits per heavy atom. The molecule has 3 rings (SSSR count). The zero-order chi connectivity index (χ0) is 18.2. The number of thioether (sulfide) groups is 1. The summed E-state index contributed by atoms with van der Waals surface area (Å²) in [6, 6.07) is 7.44. The lowest BCUT2D eigenvalue weighted by atomic mass is 10.0. The number of nitrogens with zero attached hydrogens (tertiary/aromatic N) is 2. The molecule has 3 aromatic rings. The van der Waals surface area contributed by atoms with E-state index in [1.165, 1.54) is 23.9 Å². The van der Waals surface area contributed by atoms with Crippen LogP contribution in [0, 0.1) is 0 Å². The average molecular weight is 368 g/mol. The number of hydrogen-bond acceptors (Lipinski definition) is 4. The number of halogens is 3. The minimum Gasteiger partial charge on any atom is -0.406 e. The van der Waals surface area contributed by atoms with Crippen LogP contribution in [0.5, 0.6) is 5.75 Å². The largest absolute Gasteiger partial charge is 0.573 e. The molecule has 2 aromatic carbocycles. The van der Waals surface area contributed by atoms with Crippen LogP contribution >= 0.6 is 11.8 Å². The van der Waals surface area contributed by atoms with Crippen molar-refractivity contribution in [1.29, 1.82) is 0 Å². The molecule has 4 nitrogen and oxygen atoms in total. The zero-order valence-corrected chi connectivity index (χ0v) is 14.3. The van der Waals surface area contributed by atoms with E-state index in [2.05, 4.69) is 9.72 Å². The summed E-state index contributed by atoms with van der Waals surface area (Å²) in [6.07, 6.45) is -1.13. The van der Waals surface area contributed by atoms with Crippen molar-refractivity contribution in [2.24, 2.45) is 7.05 Å². The number of benzene rings is 2. The molecule has 0 unspecified atom stereocenters. The molecule has 0 aliphatic heterocycles. The smallest absolute Gasteiger partial charge is 0.406 e. The molecule has 0 fully saturated rings. The Kier molecular flexibility index (Phi) is 4.66. The van der Waals surface area contributed by atoms with Gasteiger partial charge in [0, 0.05) is 17.5 Å². The third kappa shape index (κ3) is 3.45. The summed E-state index contributed by atoms with van der Waals surface area (Å²) >= 11 is 1.52. The Hall–Kier alpha value is -2.19. The van der Waals surface area contributed by atoms with Gasteiger partial charge in [0.2, 0.25) is 0 Å². The molecule has 0 radical (unpaired) electrons. The quantitative estimate of drug-likeness (QED) is 0.696. The highest BCUT2D eigenvalue weighted by Gasteiger charge is 2.31. The summed E-state index contributed by atoms with van der Waals surface area (Å²) in [4.78, 5) is 5.35. The molecule has 132 valence electrons. The minimum absolute atomic E-state index is 0.139. The van der Waals surface area contributed by atoms with E-state index in [4.69, 9.17) is 0 Å². The van der Waals surface area contributed by atoms with E-state index in [9.17, 15) is 18.3 Å². The number of hydrogen-bond donors (Lipinski definition) is 1. The predicted octanol–water partition coefficient (Wildman–Crippen LogP) is 4.35. The number of alkyl halides is 3. The summed E-state index contributed by atoms with van der Waals surface area (Å²) in [5, 5.41) is 9.69. The SMILES string of the molecule is CSc1c(CO)cc(-c2ccc(OC(F)(F)F)cc2)c2ncn(C)c12. The maximum atomic E-state index is 12.3. The van der Waals surface area contributed by atoms with Crippen LogP contribution in [0.25, 0.3) is 22.2 Å². The highest BCUT2D eigenvalue weighted by Crippen LogP contribution is 2.37. The fourth-order valence-electron chi connectivity index (χ4n) is 2.76. The van der Waals surface area contributed by atoms with E-state index in [1.807, 2.05) is 23.9 Å². The summed E-state index contributed by atoms with van der Waals surface area (Å²) in [7, 11) is 1.86. The second-order valence-electron chi connectivity index (χ2n) is 5.40. The number of aliphatic hydroxyl groups excluding tert-OH is 1. The van der Waals surface area contributed by atoms with Gasteiger partial charge in [-0.1, -0.05) is 12.1 Å². The van der Waals surface area contributed by atoms with Gasteiger partial charge in [-0.2, -0.15) is 0 Å². The van der Waals surface area contributed by atoms with Gasteiger partial charge < -0.3 is 14.4 Å². The number of aromatic nitrogens is 2. The van der Waals surface area contributed by atoms with Crippen LogP contribution in [0.2, 0.25) is 0 Å². The van der Waals surface area contributed by atoms with E-state index in [-0.39, 0.29) is 12.4 Å². The van der Waals surface area contributed by atoms with Crippen LogP contribution in [0.3, 0.4) is 0 Å². The Balaban J connectivity index is 2.13. The van der Waals surface area contributed by atoms with Crippen molar-refractivity contribution in [3.8, 4) is 16.9 Å². The third-order valence-electron chi connectivity index (χ3n) is 3.79. The molecule has 0 aliphatic carbocycles. The lowest BCUT2D eigenvalue weighted by Gasteiger charge is -2.13. The molecule has 0 spiro atoms. The lowest BCUT2D eigenvalue weighted by Crippen LogP contribution is -2.16. The Labute approximate surface area is 146 Å². The van der Waals surface area contributed by atoms with E-state index in [0.29, 0.717) is 5.56 Å². The van der Waals surface area contributed by atoms with Crippen molar-refractivity contribution in [1.82, 2.24) is 9.55 Å². The fraction of sp³-hybridized carbons (Fsp3) is 0.235. The third-order valence-corrected chi connectivity index (χ3v) is 4.65. The highest BCUT2D eigenvalue weighted by molar-refractivity contribution is 7.98. The van der Waals surface area contributed by atoms with Crippen molar-refractivity contribution in [3.63, 3.8) is 0 Å². The number of aliphatic hydroxyl groups is 1. The Bertz CT molecular complexity index is 905. The molecule has 0 amide bonds. The highest BCUT2D eigenvalue weighted by atomic mass is 32.2. The van der Waals surface area contributed by atoms with Crippen LogP contribution in [0.1, 0.15) is 5.56 Å². The normalized spacial score (nSPS) is 11.9. The molecule has 1 aromatic heterocycles. The molecule has 25 heavy (non-hydrogen) atoms. The van der Waals surface area contributed by atoms with Gasteiger partial charge in [-0.05, 0) is 35.6 Å². The maximum absolute atomic E-state index is 12.3. The summed E-state index contributed by atoms with van der Waals surface area (Å²) in [5.41, 5.74) is 3.80. The van der Waals surface area contributed by atoms with Gasteiger partial charge in [0.15, 0.2) is 0 Å². The second-order valence-corrected chi connectivity index (χ2v) is 6.22. The van der Waals surface area contributed by atoms with Crippen LogP contribution in [-0.2, 0) is 13.7 Å². The molecule has 0 aliphatic rings. The standard InChI is InChI=1S/C17H15F3N2O2S/c1-22-9-21-14-13(7-11(8-23)16(25-2)15(14)22)10-3-5-12(6-4-10)24-17(18,19)20/h3-7,9,23H,8H2,1-2H3. The van der Waals surface area contributed by atoms with Crippen molar-refractivity contribution in [2.75, 3.05) is 6.26 Å². The summed E-state index contributed by atoms with van der Waals surface area (Å²) < 4.78 is 42.6. The maximum Gasteiger partial charge on any atom is 0.573 e. The van der Waals surface area contributed by atoms with E-state index >= 15 is 0 Å². The van der Waals surface area contributed by atoms with Crippen molar-refractivity contribution < 1.29 is 23.0 Å². The monoisotopic (exact) mass is 368 g/mol. The number of aryl methyl sites for hydroxylation is 1. The molecule has 1 heterocycles. The van der Waals surface area contributed by atoms with Gasteiger partial charge in [0.1, 0.15) is 5.75 Å². The van der Waals surface area contributed by atoms with Crippen LogP contribution in [0.4, 0.5) is 13.2 Å². The van der Waals surface area contributed by atoms with Crippen LogP contribution in [0.15, 0.2) is 41.6 Å². The van der Waals surface area contributed by atoms with Crippen molar-refractivity contribution in [2.45, 2.75) is 17.9 Å². The first-order valence-electron chi connectivity index (χ1n) is 7.32.